The maximum absolute atomic E-state index is 11.0. The molecule has 1 heterocycles. The number of nitriles is 1. The molecule has 14 heavy (non-hydrogen) atoms. The van der Waals surface area contributed by atoms with E-state index in [0.29, 0.717) is 11.4 Å². The highest BCUT2D eigenvalue weighted by Gasteiger charge is 2.01. The van der Waals surface area contributed by atoms with Crippen molar-refractivity contribution in [2.45, 2.75) is 0 Å². The third-order valence-corrected chi connectivity index (χ3v) is 1.44. The maximum Gasteiger partial charge on any atom is 0.251 e. The standard InChI is InChI=1S/C9H9N3O2/c1-14-6-9(13)12-8-3-2-7(4-10)5-11-8/h2-3,5H,6H2,1H3,(H,11,12,13). The second-order valence-corrected chi connectivity index (χ2v) is 2.53. The van der Waals surface area contributed by atoms with Gasteiger partial charge >= 0.3 is 0 Å². The lowest BCUT2D eigenvalue weighted by molar-refractivity contribution is -0.119. The molecule has 0 bridgehead atoms. The fourth-order valence-electron chi connectivity index (χ4n) is 0.844. The smallest absolute Gasteiger partial charge is 0.251 e. The molecule has 0 fully saturated rings. The minimum absolute atomic E-state index is 0.0122. The summed E-state index contributed by atoms with van der Waals surface area (Å²) in [5, 5.41) is 11.0. The van der Waals surface area contributed by atoms with Crippen LogP contribution in [0, 0.1) is 11.3 Å². The highest BCUT2D eigenvalue weighted by Crippen LogP contribution is 2.03. The van der Waals surface area contributed by atoms with Crippen LogP contribution >= 0.6 is 0 Å². The van der Waals surface area contributed by atoms with Crippen LogP contribution in [0.15, 0.2) is 18.3 Å². The molecule has 0 aliphatic carbocycles. The average Bonchev–Trinajstić information content (AvgIpc) is 2.19. The minimum atomic E-state index is -0.273. The quantitative estimate of drug-likeness (QED) is 0.756. The molecule has 0 spiro atoms. The fourth-order valence-corrected chi connectivity index (χ4v) is 0.844. The second-order valence-electron chi connectivity index (χ2n) is 2.53. The lowest BCUT2D eigenvalue weighted by atomic mass is 10.3. The molecule has 5 nitrogen and oxygen atoms in total. The first-order chi connectivity index (χ1) is 6.76. The zero-order chi connectivity index (χ0) is 10.4. The number of ether oxygens (including phenoxy) is 1. The molecule has 0 saturated carbocycles. The molecule has 1 aromatic heterocycles. The van der Waals surface area contributed by atoms with E-state index in [1.165, 1.54) is 13.3 Å². The van der Waals surface area contributed by atoms with Gasteiger partial charge in [-0.3, -0.25) is 4.79 Å². The van der Waals surface area contributed by atoms with Crippen LogP contribution in [0.3, 0.4) is 0 Å². The first kappa shape index (κ1) is 10.2. The zero-order valence-corrected chi connectivity index (χ0v) is 7.65. The summed E-state index contributed by atoms with van der Waals surface area (Å²) >= 11 is 0. The summed E-state index contributed by atoms with van der Waals surface area (Å²) < 4.78 is 4.63. The van der Waals surface area contributed by atoms with Crippen molar-refractivity contribution in [1.29, 1.82) is 5.26 Å². The van der Waals surface area contributed by atoms with E-state index in [2.05, 4.69) is 15.0 Å². The Balaban J connectivity index is 2.61. The fraction of sp³-hybridized carbons (Fsp3) is 0.222. The summed E-state index contributed by atoms with van der Waals surface area (Å²) in [6.07, 6.45) is 1.39. The van der Waals surface area contributed by atoms with Gasteiger partial charge in [0, 0.05) is 13.3 Å². The van der Waals surface area contributed by atoms with Crippen LogP contribution < -0.4 is 5.32 Å². The molecule has 0 aliphatic rings. The van der Waals surface area contributed by atoms with Gasteiger partial charge in [-0.1, -0.05) is 0 Å². The Bertz CT molecular complexity index is 353. The predicted molar refractivity (Wildman–Crippen MR) is 49.5 cm³/mol. The van der Waals surface area contributed by atoms with Crippen molar-refractivity contribution in [3.63, 3.8) is 0 Å². The van der Waals surface area contributed by atoms with E-state index < -0.39 is 0 Å². The SMILES string of the molecule is COCC(=O)Nc1ccc(C#N)cn1. The molecule has 0 unspecified atom stereocenters. The van der Waals surface area contributed by atoms with Crippen LogP contribution in [0.5, 0.6) is 0 Å². The largest absolute Gasteiger partial charge is 0.375 e. The van der Waals surface area contributed by atoms with E-state index in [0.717, 1.165) is 0 Å². The summed E-state index contributed by atoms with van der Waals surface area (Å²) in [5.41, 5.74) is 0.453. The van der Waals surface area contributed by atoms with Gasteiger partial charge in [0.15, 0.2) is 0 Å². The van der Waals surface area contributed by atoms with E-state index in [4.69, 9.17) is 5.26 Å². The van der Waals surface area contributed by atoms with Gasteiger partial charge < -0.3 is 10.1 Å². The Kier molecular flexibility index (Phi) is 3.58. The number of rotatable bonds is 3. The number of pyridine rings is 1. The normalized spacial score (nSPS) is 9.14. The Morgan fingerprint density at radius 2 is 2.50 bits per heavy atom. The van der Waals surface area contributed by atoms with Crippen molar-refractivity contribution >= 4 is 11.7 Å². The van der Waals surface area contributed by atoms with Crippen molar-refractivity contribution in [1.82, 2.24) is 4.98 Å². The van der Waals surface area contributed by atoms with E-state index in [1.807, 2.05) is 6.07 Å². The lowest BCUT2D eigenvalue weighted by Gasteiger charge is -2.02. The van der Waals surface area contributed by atoms with Crippen LogP contribution in [-0.2, 0) is 9.53 Å². The van der Waals surface area contributed by atoms with Crippen molar-refractivity contribution in [2.75, 3.05) is 19.0 Å². The van der Waals surface area contributed by atoms with E-state index in [9.17, 15) is 4.79 Å². The molecule has 0 radical (unpaired) electrons. The van der Waals surface area contributed by atoms with Gasteiger partial charge in [0.1, 0.15) is 18.5 Å². The van der Waals surface area contributed by atoms with E-state index >= 15 is 0 Å². The highest BCUT2D eigenvalue weighted by atomic mass is 16.5. The van der Waals surface area contributed by atoms with Gasteiger partial charge in [0.2, 0.25) is 0 Å². The number of hydrogen-bond acceptors (Lipinski definition) is 4. The Morgan fingerprint density at radius 1 is 1.71 bits per heavy atom. The topological polar surface area (TPSA) is 75.0 Å². The third kappa shape index (κ3) is 2.84. The summed E-state index contributed by atoms with van der Waals surface area (Å²) in [4.78, 5) is 14.9. The van der Waals surface area contributed by atoms with Crippen LogP contribution in [0.1, 0.15) is 5.56 Å². The van der Waals surface area contributed by atoms with Crippen molar-refractivity contribution < 1.29 is 9.53 Å². The van der Waals surface area contributed by atoms with Gasteiger partial charge in [0.05, 0.1) is 5.56 Å². The summed E-state index contributed by atoms with van der Waals surface area (Å²) in [6, 6.07) is 5.07. The zero-order valence-electron chi connectivity index (χ0n) is 7.65. The third-order valence-electron chi connectivity index (χ3n) is 1.44. The molecule has 1 amide bonds. The highest BCUT2D eigenvalue weighted by molar-refractivity contribution is 5.90. The maximum atomic E-state index is 11.0. The molecular formula is C9H9N3O2. The number of carbonyl (C=O) groups excluding carboxylic acids is 1. The van der Waals surface area contributed by atoms with Gasteiger partial charge in [0.25, 0.3) is 5.91 Å². The number of methoxy groups -OCH3 is 1. The first-order valence-electron chi connectivity index (χ1n) is 3.91. The summed E-state index contributed by atoms with van der Waals surface area (Å²) in [6.45, 7) is -0.0122. The van der Waals surface area contributed by atoms with Gasteiger partial charge in [-0.25, -0.2) is 4.98 Å². The van der Waals surface area contributed by atoms with E-state index in [-0.39, 0.29) is 12.5 Å². The number of anilines is 1. The van der Waals surface area contributed by atoms with Crippen LogP contribution in [-0.4, -0.2) is 24.6 Å². The van der Waals surface area contributed by atoms with E-state index in [1.54, 1.807) is 12.1 Å². The summed E-state index contributed by atoms with van der Waals surface area (Å²) in [5.74, 6) is 0.135. The molecule has 0 aliphatic heterocycles. The second kappa shape index (κ2) is 4.94. The molecule has 0 aromatic carbocycles. The van der Waals surface area contributed by atoms with Gasteiger partial charge in [-0.15, -0.1) is 0 Å². The van der Waals surface area contributed by atoms with Gasteiger partial charge in [-0.05, 0) is 12.1 Å². The minimum Gasteiger partial charge on any atom is -0.375 e. The molecule has 1 rings (SSSR count). The number of carbonyl (C=O) groups is 1. The summed E-state index contributed by atoms with van der Waals surface area (Å²) in [7, 11) is 1.44. The Labute approximate surface area is 81.3 Å². The Hall–Kier alpha value is -1.93. The number of amides is 1. The lowest BCUT2D eigenvalue weighted by Crippen LogP contribution is -2.17. The number of hydrogen-bond donors (Lipinski definition) is 1. The van der Waals surface area contributed by atoms with Crippen LogP contribution in [0.4, 0.5) is 5.82 Å². The molecular weight excluding hydrogens is 182 g/mol. The van der Waals surface area contributed by atoms with Crippen molar-refractivity contribution in [2.24, 2.45) is 0 Å². The predicted octanol–water partition coefficient (Wildman–Crippen LogP) is 0.538. The number of nitrogens with zero attached hydrogens (tertiary/aromatic N) is 2. The van der Waals surface area contributed by atoms with Crippen molar-refractivity contribution in [3.05, 3.63) is 23.9 Å². The molecule has 0 atom stereocenters. The van der Waals surface area contributed by atoms with Crippen LogP contribution in [0.2, 0.25) is 0 Å². The number of nitrogens with one attached hydrogen (secondary N) is 1. The molecule has 1 aromatic rings. The molecule has 0 saturated heterocycles. The number of aromatic nitrogens is 1. The molecule has 72 valence electrons. The first-order valence-corrected chi connectivity index (χ1v) is 3.91. The van der Waals surface area contributed by atoms with Gasteiger partial charge in [-0.2, -0.15) is 5.26 Å². The molecule has 5 heteroatoms. The average molecular weight is 191 g/mol. The molecule has 1 N–H and O–H groups in total. The monoisotopic (exact) mass is 191 g/mol. The Morgan fingerprint density at radius 3 is 3.00 bits per heavy atom. The van der Waals surface area contributed by atoms with Crippen molar-refractivity contribution in [3.8, 4) is 6.07 Å². The van der Waals surface area contributed by atoms with Crippen LogP contribution in [0.25, 0.3) is 0 Å².